The molecule has 0 aliphatic carbocycles. The van der Waals surface area contributed by atoms with E-state index in [0.717, 1.165) is 29.7 Å². The molecule has 2 aromatic rings. The zero-order valence-corrected chi connectivity index (χ0v) is 17.9. The van der Waals surface area contributed by atoms with Crippen molar-refractivity contribution in [3.05, 3.63) is 47.7 Å². The molecule has 1 aromatic carbocycles. The summed E-state index contributed by atoms with van der Waals surface area (Å²) < 4.78 is 5.25. The van der Waals surface area contributed by atoms with Crippen molar-refractivity contribution in [1.29, 1.82) is 0 Å². The molecule has 1 unspecified atom stereocenters. The molecule has 1 aromatic heterocycles. The van der Waals surface area contributed by atoms with Gasteiger partial charge < -0.3 is 9.84 Å². The van der Waals surface area contributed by atoms with Gasteiger partial charge in [-0.1, -0.05) is 19.9 Å². The molecule has 0 spiro atoms. The number of aromatic nitrogens is 1. The molecule has 1 saturated heterocycles. The van der Waals surface area contributed by atoms with Crippen molar-refractivity contribution < 1.29 is 19.4 Å². The van der Waals surface area contributed by atoms with Crippen LogP contribution in [0.25, 0.3) is 11.3 Å². The molecule has 1 aliphatic heterocycles. The Kier molecular flexibility index (Phi) is 7.21. The molecule has 2 atom stereocenters. The number of carbonyl (C=O) groups excluding carboxylic acids is 2. The predicted molar refractivity (Wildman–Crippen MR) is 117 cm³/mol. The van der Waals surface area contributed by atoms with E-state index in [4.69, 9.17) is 4.74 Å². The fourth-order valence-corrected chi connectivity index (χ4v) is 3.62. The molecule has 1 fully saturated rings. The summed E-state index contributed by atoms with van der Waals surface area (Å²) in [6.07, 6.45) is 4.08. The first kappa shape index (κ1) is 22.0. The second kappa shape index (κ2) is 9.85. The highest BCUT2D eigenvalue weighted by Gasteiger charge is 2.33. The third kappa shape index (κ3) is 5.05. The monoisotopic (exact) mass is 410 g/mol. The lowest BCUT2D eigenvalue weighted by molar-refractivity contribution is 0.0975. The summed E-state index contributed by atoms with van der Waals surface area (Å²) >= 11 is 0. The van der Waals surface area contributed by atoms with Gasteiger partial charge in [-0.2, -0.15) is 0 Å². The highest BCUT2D eigenvalue weighted by Crippen LogP contribution is 2.31. The minimum Gasteiger partial charge on any atom is -0.447 e. The molecule has 6 heteroatoms. The minimum atomic E-state index is -0.383. The molecule has 0 saturated carbocycles. The van der Waals surface area contributed by atoms with E-state index < -0.39 is 0 Å². The van der Waals surface area contributed by atoms with Crippen LogP contribution in [0.5, 0.6) is 0 Å². The summed E-state index contributed by atoms with van der Waals surface area (Å²) in [7, 11) is 0. The van der Waals surface area contributed by atoms with Gasteiger partial charge in [0.05, 0.1) is 11.7 Å². The van der Waals surface area contributed by atoms with Gasteiger partial charge in [0.25, 0.3) is 0 Å². The SMILES string of the molecule is CCC1COC(=O)N1c1cc(C(=O)CCC[C@@H](C)CO)cc(-c2ccc(C)cn2)c1. The van der Waals surface area contributed by atoms with Crippen LogP contribution in [0.3, 0.4) is 0 Å². The van der Waals surface area contributed by atoms with E-state index >= 15 is 0 Å². The van der Waals surface area contributed by atoms with Gasteiger partial charge in [0.15, 0.2) is 5.78 Å². The van der Waals surface area contributed by atoms with Crippen molar-refractivity contribution in [2.24, 2.45) is 5.92 Å². The first-order chi connectivity index (χ1) is 14.4. The number of rotatable bonds is 9. The maximum absolute atomic E-state index is 12.9. The van der Waals surface area contributed by atoms with Crippen molar-refractivity contribution >= 4 is 17.6 Å². The van der Waals surface area contributed by atoms with Gasteiger partial charge in [-0.15, -0.1) is 0 Å². The number of benzene rings is 1. The number of aliphatic hydroxyl groups is 1. The molecule has 6 nitrogen and oxygen atoms in total. The van der Waals surface area contributed by atoms with Crippen molar-refractivity contribution in [1.82, 2.24) is 4.98 Å². The molecule has 0 radical (unpaired) electrons. The normalized spacial score (nSPS) is 17.1. The first-order valence-corrected chi connectivity index (χ1v) is 10.6. The van der Waals surface area contributed by atoms with Crippen LogP contribution in [0.4, 0.5) is 10.5 Å². The number of aliphatic hydroxyl groups excluding tert-OH is 1. The smallest absolute Gasteiger partial charge is 0.414 e. The van der Waals surface area contributed by atoms with E-state index in [-0.39, 0.29) is 30.4 Å². The van der Waals surface area contributed by atoms with Crippen LogP contribution in [-0.4, -0.2) is 41.2 Å². The Balaban J connectivity index is 1.95. The molecule has 160 valence electrons. The summed E-state index contributed by atoms with van der Waals surface area (Å²) in [4.78, 5) is 31.5. The summed E-state index contributed by atoms with van der Waals surface area (Å²) in [6, 6.07) is 9.38. The molecule has 1 N–H and O–H groups in total. The van der Waals surface area contributed by atoms with Gasteiger partial charge in [-0.05, 0) is 61.9 Å². The highest BCUT2D eigenvalue weighted by molar-refractivity contribution is 6.00. The van der Waals surface area contributed by atoms with Gasteiger partial charge in [0, 0.05) is 36.0 Å². The third-order valence-corrected chi connectivity index (χ3v) is 5.57. The first-order valence-electron chi connectivity index (χ1n) is 10.6. The fraction of sp³-hybridized carbons (Fsp3) is 0.458. The van der Waals surface area contributed by atoms with Crippen LogP contribution in [0, 0.1) is 12.8 Å². The molecule has 3 rings (SSSR count). The van der Waals surface area contributed by atoms with Crippen LogP contribution < -0.4 is 4.90 Å². The quantitative estimate of drug-likeness (QED) is 0.602. The zero-order chi connectivity index (χ0) is 21.7. The Morgan fingerprint density at radius 2 is 2.13 bits per heavy atom. The second-order valence-electron chi connectivity index (χ2n) is 8.10. The maximum Gasteiger partial charge on any atom is 0.414 e. The number of hydrogen-bond donors (Lipinski definition) is 1. The molecule has 1 amide bonds. The zero-order valence-electron chi connectivity index (χ0n) is 17.9. The van der Waals surface area contributed by atoms with E-state index in [1.165, 1.54) is 0 Å². The number of pyridine rings is 1. The topological polar surface area (TPSA) is 79.7 Å². The third-order valence-electron chi connectivity index (χ3n) is 5.57. The Hall–Kier alpha value is -2.73. The number of cyclic esters (lactones) is 1. The number of anilines is 1. The number of Topliss-reactive ketones (excluding diaryl/α,β-unsaturated/α-hetero) is 1. The fourth-order valence-electron chi connectivity index (χ4n) is 3.62. The van der Waals surface area contributed by atoms with Crippen LogP contribution in [0.15, 0.2) is 36.5 Å². The summed E-state index contributed by atoms with van der Waals surface area (Å²) in [6.45, 7) is 6.43. The lowest BCUT2D eigenvalue weighted by atomic mass is 9.97. The molecule has 30 heavy (non-hydrogen) atoms. The average Bonchev–Trinajstić information content (AvgIpc) is 3.14. The van der Waals surface area contributed by atoms with Crippen molar-refractivity contribution in [2.45, 2.75) is 52.5 Å². The van der Waals surface area contributed by atoms with Gasteiger partial charge in [-0.25, -0.2) is 4.79 Å². The average molecular weight is 411 g/mol. The van der Waals surface area contributed by atoms with Crippen LogP contribution in [-0.2, 0) is 4.74 Å². The van der Waals surface area contributed by atoms with Gasteiger partial charge in [-0.3, -0.25) is 14.7 Å². The maximum atomic E-state index is 12.9. The Morgan fingerprint density at radius 3 is 2.80 bits per heavy atom. The standard InChI is InChI=1S/C24H30N2O4/c1-4-20-15-30-24(29)26(20)21-11-18(22-9-8-16(2)13-25-22)10-19(12-21)23(28)7-5-6-17(3)14-27/h8-13,17,20,27H,4-7,14-15H2,1-3H3/t17-,20?/m1/s1. The predicted octanol–water partition coefficient (Wildman–Crippen LogP) is 4.77. The van der Waals surface area contributed by atoms with Crippen LogP contribution in [0.1, 0.15) is 55.5 Å². The van der Waals surface area contributed by atoms with Crippen LogP contribution in [0.2, 0.25) is 0 Å². The van der Waals surface area contributed by atoms with E-state index in [1.54, 1.807) is 17.2 Å². The number of amides is 1. The number of ketones is 1. The number of aryl methyl sites for hydroxylation is 1. The summed E-state index contributed by atoms with van der Waals surface area (Å²) in [5.41, 5.74) is 3.84. The molecule has 0 bridgehead atoms. The Morgan fingerprint density at radius 1 is 1.33 bits per heavy atom. The molecular formula is C24H30N2O4. The number of carbonyl (C=O) groups is 2. The van der Waals surface area contributed by atoms with Crippen LogP contribution >= 0.6 is 0 Å². The number of nitrogens with zero attached hydrogens (tertiary/aromatic N) is 2. The summed E-state index contributed by atoms with van der Waals surface area (Å²) in [5, 5.41) is 9.19. The van der Waals surface area contributed by atoms with Gasteiger partial charge >= 0.3 is 6.09 Å². The van der Waals surface area contributed by atoms with Crippen molar-refractivity contribution in [3.63, 3.8) is 0 Å². The lowest BCUT2D eigenvalue weighted by Crippen LogP contribution is -2.33. The Labute approximate surface area is 177 Å². The molecule has 1 aliphatic rings. The summed E-state index contributed by atoms with van der Waals surface area (Å²) in [5.74, 6) is 0.206. The van der Waals surface area contributed by atoms with E-state index in [2.05, 4.69) is 4.98 Å². The van der Waals surface area contributed by atoms with Crippen molar-refractivity contribution in [3.8, 4) is 11.3 Å². The van der Waals surface area contributed by atoms with Gasteiger partial charge in [0.1, 0.15) is 6.61 Å². The highest BCUT2D eigenvalue weighted by atomic mass is 16.6. The molecule has 2 heterocycles. The largest absolute Gasteiger partial charge is 0.447 e. The van der Waals surface area contributed by atoms with E-state index in [9.17, 15) is 14.7 Å². The van der Waals surface area contributed by atoms with Gasteiger partial charge in [0.2, 0.25) is 0 Å². The van der Waals surface area contributed by atoms with Crippen molar-refractivity contribution in [2.75, 3.05) is 18.1 Å². The van der Waals surface area contributed by atoms with E-state index in [0.29, 0.717) is 30.7 Å². The lowest BCUT2D eigenvalue weighted by Gasteiger charge is -2.22. The Bertz CT molecular complexity index is 895. The number of ether oxygens (including phenoxy) is 1. The second-order valence-corrected chi connectivity index (χ2v) is 8.10. The number of hydrogen-bond acceptors (Lipinski definition) is 5. The molecular weight excluding hydrogens is 380 g/mol. The minimum absolute atomic E-state index is 0.0240. The van der Waals surface area contributed by atoms with E-state index in [1.807, 2.05) is 45.0 Å².